The molecule has 5 rings (SSSR count). The zero-order valence-corrected chi connectivity index (χ0v) is 28.0. The van der Waals surface area contributed by atoms with Crippen LogP contribution in [0.4, 0.5) is 36.0 Å². The van der Waals surface area contributed by atoms with Crippen molar-refractivity contribution in [3.05, 3.63) is 41.6 Å². The first kappa shape index (κ1) is 34.3. The fourth-order valence-electron chi connectivity index (χ4n) is 5.56. The van der Waals surface area contributed by atoms with Gasteiger partial charge in [-0.15, -0.1) is 0 Å². The number of carbonyl (C=O) groups is 3. The lowest BCUT2D eigenvalue weighted by molar-refractivity contribution is 0.0571. The lowest BCUT2D eigenvalue weighted by Gasteiger charge is -2.34. The SMILES string of the molecule is Cc1c(-c2cc3cc(NC(=O)OC4CCOC4)ncc3c(NC(=O)OC(C)(C)C)c2F)cnc2c1N(C(=O)OC(C)(C)C)CC(C#N)C2. The van der Waals surface area contributed by atoms with Gasteiger partial charge in [-0.2, -0.15) is 5.26 Å². The van der Waals surface area contributed by atoms with Crippen molar-refractivity contribution < 1.29 is 37.7 Å². The van der Waals surface area contributed by atoms with Crippen LogP contribution in [0.2, 0.25) is 0 Å². The molecular weight excluding hydrogens is 623 g/mol. The van der Waals surface area contributed by atoms with E-state index in [1.54, 1.807) is 54.5 Å². The highest BCUT2D eigenvalue weighted by molar-refractivity contribution is 6.04. The Labute approximate surface area is 277 Å². The number of hydrogen-bond donors (Lipinski definition) is 2. The molecule has 3 amide bonds. The van der Waals surface area contributed by atoms with E-state index in [2.05, 4.69) is 26.7 Å². The van der Waals surface area contributed by atoms with Crippen LogP contribution in [-0.4, -0.2) is 65.3 Å². The smallest absolute Gasteiger partial charge is 0.414 e. The Kier molecular flexibility index (Phi) is 9.46. The number of nitriles is 1. The molecule has 2 N–H and O–H groups in total. The number of carbonyl (C=O) groups excluding carboxylic acids is 3. The van der Waals surface area contributed by atoms with Gasteiger partial charge in [0.25, 0.3) is 0 Å². The minimum atomic E-state index is -0.886. The van der Waals surface area contributed by atoms with Crippen molar-refractivity contribution in [2.75, 3.05) is 35.3 Å². The van der Waals surface area contributed by atoms with Crippen LogP contribution in [0.25, 0.3) is 21.9 Å². The molecule has 4 heterocycles. The van der Waals surface area contributed by atoms with Gasteiger partial charge in [0, 0.05) is 48.3 Å². The number of ether oxygens (including phenoxy) is 4. The number of anilines is 3. The van der Waals surface area contributed by atoms with Crippen molar-refractivity contribution in [3.63, 3.8) is 0 Å². The van der Waals surface area contributed by atoms with Crippen molar-refractivity contribution in [3.8, 4) is 17.2 Å². The standard InChI is InChI=1S/C34H39FN6O7/c1-18-23(14-37-25-10-19(13-36)16-41(29(18)25)32(44)48-34(5,6)7)22-11-20-12-26(39-30(42)46-21-8-9-45-17-21)38-15-24(20)28(27(22)35)40-31(43)47-33(2,3)4/h11-12,14-15,19,21H,8-10,16-17H2,1-7H3,(H,40,43)(H,38,39,42). The van der Waals surface area contributed by atoms with E-state index in [9.17, 15) is 19.6 Å². The molecule has 48 heavy (non-hydrogen) atoms. The summed E-state index contributed by atoms with van der Waals surface area (Å²) in [6.07, 6.45) is 1.04. The lowest BCUT2D eigenvalue weighted by atomic mass is 9.91. The summed E-state index contributed by atoms with van der Waals surface area (Å²) in [5, 5.41) is 15.5. The highest BCUT2D eigenvalue weighted by Crippen LogP contribution is 2.41. The number of nitrogens with one attached hydrogen (secondary N) is 2. The molecule has 2 aromatic heterocycles. The topological polar surface area (TPSA) is 165 Å². The van der Waals surface area contributed by atoms with Gasteiger partial charge in [-0.1, -0.05) is 0 Å². The van der Waals surface area contributed by atoms with Crippen molar-refractivity contribution in [2.45, 2.75) is 78.6 Å². The first-order valence-electron chi connectivity index (χ1n) is 15.6. The molecule has 1 aromatic carbocycles. The maximum atomic E-state index is 16.7. The van der Waals surface area contributed by atoms with E-state index in [-0.39, 0.29) is 35.1 Å². The van der Waals surface area contributed by atoms with E-state index in [1.165, 1.54) is 23.4 Å². The number of amides is 3. The van der Waals surface area contributed by atoms with Crippen LogP contribution in [0.5, 0.6) is 0 Å². The zero-order chi connectivity index (χ0) is 35.0. The summed E-state index contributed by atoms with van der Waals surface area (Å²) in [6.45, 7) is 12.9. The van der Waals surface area contributed by atoms with Crippen molar-refractivity contribution in [2.24, 2.45) is 5.92 Å². The largest absolute Gasteiger partial charge is 0.444 e. The maximum Gasteiger partial charge on any atom is 0.414 e. The van der Waals surface area contributed by atoms with Gasteiger partial charge in [-0.05, 0) is 71.5 Å². The average Bonchev–Trinajstić information content (AvgIpc) is 3.49. The van der Waals surface area contributed by atoms with Crippen molar-refractivity contribution in [1.82, 2.24) is 9.97 Å². The van der Waals surface area contributed by atoms with Gasteiger partial charge in [-0.3, -0.25) is 20.5 Å². The molecule has 0 aliphatic carbocycles. The summed E-state index contributed by atoms with van der Waals surface area (Å²) in [4.78, 5) is 49.0. The maximum absolute atomic E-state index is 16.7. The van der Waals surface area contributed by atoms with E-state index in [4.69, 9.17) is 18.9 Å². The molecule has 254 valence electrons. The number of hydrogen-bond acceptors (Lipinski definition) is 10. The molecule has 2 unspecified atom stereocenters. The van der Waals surface area contributed by atoms with Gasteiger partial charge in [0.05, 0.1) is 42.3 Å². The van der Waals surface area contributed by atoms with E-state index in [0.717, 1.165) is 0 Å². The second-order valence-electron chi connectivity index (χ2n) is 13.8. The number of aromatic nitrogens is 2. The van der Waals surface area contributed by atoms with Gasteiger partial charge >= 0.3 is 18.3 Å². The Morgan fingerprint density at radius 1 is 1.02 bits per heavy atom. The van der Waals surface area contributed by atoms with Crippen molar-refractivity contribution in [1.29, 1.82) is 5.26 Å². The quantitative estimate of drug-likeness (QED) is 0.282. The van der Waals surface area contributed by atoms with Crippen LogP contribution >= 0.6 is 0 Å². The Morgan fingerprint density at radius 2 is 1.75 bits per heavy atom. The monoisotopic (exact) mass is 662 g/mol. The van der Waals surface area contributed by atoms with Crippen LogP contribution in [0.3, 0.4) is 0 Å². The molecular formula is C34H39FN6O7. The number of fused-ring (bicyclic) bond motifs is 2. The number of rotatable bonds is 4. The average molecular weight is 663 g/mol. The van der Waals surface area contributed by atoms with Crippen LogP contribution in [0.1, 0.15) is 59.2 Å². The number of halogens is 1. The fourth-order valence-corrected chi connectivity index (χ4v) is 5.56. The minimum Gasteiger partial charge on any atom is -0.444 e. The first-order valence-corrected chi connectivity index (χ1v) is 15.6. The molecule has 0 bridgehead atoms. The normalized spacial score (nSPS) is 17.7. The molecule has 2 aliphatic rings. The summed E-state index contributed by atoms with van der Waals surface area (Å²) in [7, 11) is 0. The third kappa shape index (κ3) is 7.74. The van der Waals surface area contributed by atoms with Crippen LogP contribution < -0.4 is 15.5 Å². The van der Waals surface area contributed by atoms with Crippen LogP contribution in [0, 0.1) is 30.0 Å². The van der Waals surface area contributed by atoms with Gasteiger partial charge < -0.3 is 18.9 Å². The lowest BCUT2D eigenvalue weighted by Crippen LogP contribution is -2.43. The molecule has 0 spiro atoms. The molecule has 0 saturated carbocycles. The van der Waals surface area contributed by atoms with Crippen LogP contribution in [-0.2, 0) is 25.4 Å². The third-order valence-corrected chi connectivity index (χ3v) is 7.56. The summed E-state index contributed by atoms with van der Waals surface area (Å²) in [5.41, 5.74) is -0.0585. The Bertz CT molecular complexity index is 1800. The Morgan fingerprint density at radius 3 is 2.40 bits per heavy atom. The van der Waals surface area contributed by atoms with Gasteiger partial charge in [0.2, 0.25) is 0 Å². The summed E-state index contributed by atoms with van der Waals surface area (Å²) in [6, 6.07) is 5.28. The molecule has 2 atom stereocenters. The molecule has 1 fully saturated rings. The molecule has 3 aromatic rings. The summed E-state index contributed by atoms with van der Waals surface area (Å²) in [5.74, 6) is -1.18. The number of pyridine rings is 2. The van der Waals surface area contributed by atoms with E-state index >= 15 is 4.39 Å². The number of benzene rings is 1. The highest BCUT2D eigenvalue weighted by atomic mass is 19.1. The second-order valence-corrected chi connectivity index (χ2v) is 13.8. The molecule has 14 heteroatoms. The molecule has 2 aliphatic heterocycles. The van der Waals surface area contributed by atoms with E-state index < -0.39 is 41.2 Å². The fraction of sp³-hybridized carbons (Fsp3) is 0.471. The summed E-state index contributed by atoms with van der Waals surface area (Å²) >= 11 is 0. The Balaban J connectivity index is 1.62. The molecule has 13 nitrogen and oxygen atoms in total. The van der Waals surface area contributed by atoms with E-state index in [1.807, 2.05) is 0 Å². The zero-order valence-electron chi connectivity index (χ0n) is 28.0. The van der Waals surface area contributed by atoms with Gasteiger partial charge in [0.1, 0.15) is 23.1 Å². The predicted molar refractivity (Wildman–Crippen MR) is 175 cm³/mol. The first-order chi connectivity index (χ1) is 22.5. The van der Waals surface area contributed by atoms with Crippen LogP contribution in [0.15, 0.2) is 24.5 Å². The Hall–Kier alpha value is -5.03. The molecule has 1 saturated heterocycles. The summed E-state index contributed by atoms with van der Waals surface area (Å²) < 4.78 is 38.4. The minimum absolute atomic E-state index is 0.0516. The number of nitrogens with zero attached hydrogens (tertiary/aromatic N) is 4. The van der Waals surface area contributed by atoms with Gasteiger partial charge in [-0.25, -0.2) is 23.8 Å². The second kappa shape index (κ2) is 13.2. The van der Waals surface area contributed by atoms with Crippen molar-refractivity contribution >= 4 is 46.2 Å². The molecule has 0 radical (unpaired) electrons. The predicted octanol–water partition coefficient (Wildman–Crippen LogP) is 6.87. The van der Waals surface area contributed by atoms with E-state index in [0.29, 0.717) is 53.9 Å². The highest BCUT2D eigenvalue weighted by Gasteiger charge is 2.35. The third-order valence-electron chi connectivity index (χ3n) is 7.56. The van der Waals surface area contributed by atoms with Gasteiger partial charge in [0.15, 0.2) is 5.82 Å².